The highest BCUT2D eigenvalue weighted by Gasteiger charge is 2.20. The van der Waals surface area contributed by atoms with Gasteiger partial charge >= 0.3 is 0 Å². The van der Waals surface area contributed by atoms with Crippen LogP contribution in [0.3, 0.4) is 0 Å². The second-order valence-electron chi connectivity index (χ2n) is 4.88. The zero-order valence-corrected chi connectivity index (χ0v) is 12.2. The molecule has 5 nitrogen and oxygen atoms in total. The Bertz CT molecular complexity index is 245. The van der Waals surface area contributed by atoms with E-state index in [-0.39, 0.29) is 42.4 Å². The molecule has 0 radical (unpaired) electrons. The molecule has 0 aliphatic carbocycles. The minimum absolute atomic E-state index is 0. The van der Waals surface area contributed by atoms with Gasteiger partial charge in [0, 0.05) is 24.6 Å². The Morgan fingerprint density at radius 3 is 2.67 bits per heavy atom. The molecule has 0 aromatic carbocycles. The summed E-state index contributed by atoms with van der Waals surface area (Å²) in [7, 11) is 0. The van der Waals surface area contributed by atoms with Crippen molar-refractivity contribution in [3.05, 3.63) is 0 Å². The van der Waals surface area contributed by atoms with Crippen LogP contribution in [0.25, 0.3) is 0 Å². The van der Waals surface area contributed by atoms with Gasteiger partial charge in [-0.3, -0.25) is 4.79 Å². The van der Waals surface area contributed by atoms with Crippen molar-refractivity contribution in [2.45, 2.75) is 45.4 Å². The van der Waals surface area contributed by atoms with Gasteiger partial charge in [0.1, 0.15) is 0 Å². The molecule has 0 aromatic rings. The summed E-state index contributed by atoms with van der Waals surface area (Å²) in [5.74, 6) is -0.189. The van der Waals surface area contributed by atoms with Crippen molar-refractivity contribution in [2.75, 3.05) is 19.8 Å². The van der Waals surface area contributed by atoms with E-state index in [1.807, 2.05) is 20.8 Å². The lowest BCUT2D eigenvalue weighted by molar-refractivity contribution is -0.126. The van der Waals surface area contributed by atoms with Crippen molar-refractivity contribution in [3.8, 4) is 0 Å². The molecule has 0 saturated carbocycles. The maximum absolute atomic E-state index is 11.7. The topological polar surface area (TPSA) is 73.6 Å². The van der Waals surface area contributed by atoms with E-state index in [0.29, 0.717) is 13.2 Å². The lowest BCUT2D eigenvalue weighted by atomic mass is 10.0. The van der Waals surface area contributed by atoms with E-state index in [1.165, 1.54) is 0 Å². The molecule has 0 spiro atoms. The van der Waals surface area contributed by atoms with Crippen LogP contribution in [0.2, 0.25) is 0 Å². The van der Waals surface area contributed by atoms with Crippen molar-refractivity contribution < 1.29 is 14.3 Å². The smallest absolute Gasteiger partial charge is 0.224 e. The summed E-state index contributed by atoms with van der Waals surface area (Å²) in [5, 5.41) is 2.90. The zero-order valence-electron chi connectivity index (χ0n) is 11.3. The molecule has 1 amide bonds. The second-order valence-corrected chi connectivity index (χ2v) is 4.88. The second kappa shape index (κ2) is 8.69. The first-order chi connectivity index (χ1) is 8.00. The largest absolute Gasteiger partial charge is 0.379 e. The fourth-order valence-electron chi connectivity index (χ4n) is 1.58. The highest BCUT2D eigenvalue weighted by molar-refractivity contribution is 5.85. The van der Waals surface area contributed by atoms with Crippen molar-refractivity contribution in [1.29, 1.82) is 0 Å². The predicted octanol–water partition coefficient (Wildman–Crippen LogP) is 0.702. The minimum atomic E-state index is -0.174. The molecule has 4 atom stereocenters. The summed E-state index contributed by atoms with van der Waals surface area (Å²) < 4.78 is 10.8. The van der Waals surface area contributed by atoms with Crippen molar-refractivity contribution >= 4 is 18.3 Å². The van der Waals surface area contributed by atoms with E-state index >= 15 is 0 Å². The number of rotatable bonds is 6. The van der Waals surface area contributed by atoms with Crippen LogP contribution in [-0.2, 0) is 14.3 Å². The predicted molar refractivity (Wildman–Crippen MR) is 72.8 cm³/mol. The molecule has 1 saturated heterocycles. The SMILES string of the molecule is CC(COC1CCOC1)NC(=O)C(C)C(C)N.Cl. The molecule has 6 heteroatoms. The lowest BCUT2D eigenvalue weighted by Crippen LogP contribution is -2.44. The van der Waals surface area contributed by atoms with Crippen LogP contribution >= 0.6 is 12.4 Å². The van der Waals surface area contributed by atoms with E-state index in [2.05, 4.69) is 5.32 Å². The van der Waals surface area contributed by atoms with Crippen LogP contribution in [0.5, 0.6) is 0 Å². The normalized spacial score (nSPS) is 23.9. The van der Waals surface area contributed by atoms with Crippen molar-refractivity contribution in [3.63, 3.8) is 0 Å². The lowest BCUT2D eigenvalue weighted by Gasteiger charge is -2.20. The third-order valence-corrected chi connectivity index (χ3v) is 3.06. The van der Waals surface area contributed by atoms with Gasteiger partial charge < -0.3 is 20.5 Å². The summed E-state index contributed by atoms with van der Waals surface area (Å²) in [6.07, 6.45) is 1.12. The summed E-state index contributed by atoms with van der Waals surface area (Å²) in [6.45, 7) is 7.55. The standard InChI is InChI=1S/C12H24N2O3.ClH/c1-8(6-17-11-4-5-16-7-11)14-12(15)9(2)10(3)13;/h8-11H,4-7,13H2,1-3H3,(H,14,15);1H. The zero-order chi connectivity index (χ0) is 12.8. The highest BCUT2D eigenvalue weighted by atomic mass is 35.5. The molecule has 3 N–H and O–H groups in total. The number of halogens is 1. The number of hydrogen-bond acceptors (Lipinski definition) is 4. The first-order valence-electron chi connectivity index (χ1n) is 6.26. The van der Waals surface area contributed by atoms with E-state index < -0.39 is 0 Å². The van der Waals surface area contributed by atoms with E-state index in [4.69, 9.17) is 15.2 Å². The van der Waals surface area contributed by atoms with Crippen LogP contribution in [-0.4, -0.2) is 43.9 Å². The molecule has 0 aromatic heterocycles. The third kappa shape index (κ3) is 6.00. The van der Waals surface area contributed by atoms with Crippen LogP contribution in [0, 0.1) is 5.92 Å². The third-order valence-electron chi connectivity index (χ3n) is 3.06. The molecule has 1 rings (SSSR count). The molecule has 4 unspecified atom stereocenters. The summed E-state index contributed by atoms with van der Waals surface area (Å²) >= 11 is 0. The van der Waals surface area contributed by atoms with Gasteiger partial charge in [0.15, 0.2) is 0 Å². The number of ether oxygens (including phenoxy) is 2. The molecule has 1 fully saturated rings. The number of hydrogen-bond donors (Lipinski definition) is 2. The quantitative estimate of drug-likeness (QED) is 0.751. The molecule has 18 heavy (non-hydrogen) atoms. The van der Waals surface area contributed by atoms with E-state index in [1.54, 1.807) is 0 Å². The van der Waals surface area contributed by atoms with Gasteiger partial charge in [-0.15, -0.1) is 12.4 Å². The van der Waals surface area contributed by atoms with Gasteiger partial charge in [-0.05, 0) is 20.3 Å². The highest BCUT2D eigenvalue weighted by Crippen LogP contribution is 2.08. The van der Waals surface area contributed by atoms with Gasteiger partial charge in [0.25, 0.3) is 0 Å². The fraction of sp³-hybridized carbons (Fsp3) is 0.917. The average Bonchev–Trinajstić information content (AvgIpc) is 2.77. The molecule has 1 heterocycles. The Morgan fingerprint density at radius 2 is 2.17 bits per heavy atom. The summed E-state index contributed by atoms with van der Waals surface area (Å²) in [6, 6.07) is -0.129. The number of carbonyl (C=O) groups excluding carboxylic acids is 1. The van der Waals surface area contributed by atoms with Gasteiger partial charge in [-0.2, -0.15) is 0 Å². The minimum Gasteiger partial charge on any atom is -0.379 e. The van der Waals surface area contributed by atoms with Crippen LogP contribution in [0.1, 0.15) is 27.2 Å². The Hall–Kier alpha value is -0.360. The molecule has 1 aliphatic rings. The van der Waals surface area contributed by atoms with Crippen molar-refractivity contribution in [1.82, 2.24) is 5.32 Å². The Balaban J connectivity index is 0.00000289. The first-order valence-corrected chi connectivity index (χ1v) is 6.26. The Labute approximate surface area is 115 Å². The molecule has 108 valence electrons. The number of nitrogens with two attached hydrogens (primary N) is 1. The van der Waals surface area contributed by atoms with Gasteiger partial charge in [-0.25, -0.2) is 0 Å². The number of nitrogens with one attached hydrogen (secondary N) is 1. The van der Waals surface area contributed by atoms with Gasteiger partial charge in [0.05, 0.1) is 19.3 Å². The van der Waals surface area contributed by atoms with E-state index in [9.17, 15) is 4.79 Å². The van der Waals surface area contributed by atoms with Gasteiger partial charge in [-0.1, -0.05) is 6.92 Å². The molecule has 0 bridgehead atoms. The van der Waals surface area contributed by atoms with Crippen molar-refractivity contribution in [2.24, 2.45) is 11.7 Å². The maximum atomic E-state index is 11.7. The summed E-state index contributed by atoms with van der Waals surface area (Å²) in [4.78, 5) is 11.7. The summed E-state index contributed by atoms with van der Waals surface area (Å²) in [5.41, 5.74) is 5.68. The molecule has 1 aliphatic heterocycles. The Morgan fingerprint density at radius 1 is 1.50 bits per heavy atom. The average molecular weight is 281 g/mol. The number of carbonyl (C=O) groups is 1. The van der Waals surface area contributed by atoms with E-state index in [0.717, 1.165) is 13.0 Å². The first kappa shape index (κ1) is 17.6. The monoisotopic (exact) mass is 280 g/mol. The molecular formula is C12H25ClN2O3. The fourth-order valence-corrected chi connectivity index (χ4v) is 1.58. The van der Waals surface area contributed by atoms with Crippen LogP contribution in [0.4, 0.5) is 0 Å². The number of amides is 1. The van der Waals surface area contributed by atoms with Gasteiger partial charge in [0.2, 0.25) is 5.91 Å². The van der Waals surface area contributed by atoms with Crippen LogP contribution in [0.15, 0.2) is 0 Å². The Kier molecular flexibility index (Phi) is 8.52. The van der Waals surface area contributed by atoms with Crippen LogP contribution < -0.4 is 11.1 Å². The molecular weight excluding hydrogens is 256 g/mol. The maximum Gasteiger partial charge on any atom is 0.224 e.